The molecule has 2 aliphatic heterocycles. The lowest BCUT2D eigenvalue weighted by molar-refractivity contribution is -0.149. The van der Waals surface area contributed by atoms with E-state index >= 15 is 0 Å². The molecule has 9 nitrogen and oxygen atoms in total. The summed E-state index contributed by atoms with van der Waals surface area (Å²) in [5.41, 5.74) is 0.208. The maximum Gasteiger partial charge on any atom is 0.407 e. The zero-order valence-electron chi connectivity index (χ0n) is 17.2. The molecule has 32 heavy (non-hydrogen) atoms. The molecule has 0 aromatic heterocycles. The molecule has 0 radical (unpaired) electrons. The van der Waals surface area contributed by atoms with E-state index in [0.29, 0.717) is 5.69 Å². The van der Waals surface area contributed by atoms with Crippen molar-refractivity contribution in [2.45, 2.75) is 25.6 Å². The normalized spacial score (nSPS) is 24.4. The van der Waals surface area contributed by atoms with Crippen molar-refractivity contribution >= 4 is 23.6 Å². The Balaban J connectivity index is 1.75. The maximum atomic E-state index is 13.8. The van der Waals surface area contributed by atoms with Crippen molar-refractivity contribution in [2.75, 3.05) is 18.4 Å². The van der Waals surface area contributed by atoms with Crippen LogP contribution in [-0.2, 0) is 4.79 Å². The van der Waals surface area contributed by atoms with Crippen LogP contribution in [0.1, 0.15) is 30.6 Å². The fraction of sp³-hybridized carbons (Fsp3) is 0.318. The number of hydrogen-bond donors (Lipinski definition) is 5. The molecule has 0 aliphatic carbocycles. The molecule has 3 unspecified atom stereocenters. The number of carboxylic acids is 1. The number of rotatable bonds is 5. The third-order valence-corrected chi connectivity index (χ3v) is 6.21. The van der Waals surface area contributed by atoms with Gasteiger partial charge in [-0.25, -0.2) is 14.2 Å². The van der Waals surface area contributed by atoms with Gasteiger partial charge in [-0.1, -0.05) is 25.1 Å². The Morgan fingerprint density at radius 3 is 2.72 bits per heavy atom. The first kappa shape index (κ1) is 21.6. The van der Waals surface area contributed by atoms with Crippen molar-refractivity contribution in [1.29, 1.82) is 0 Å². The number of amidine groups is 1. The van der Waals surface area contributed by atoms with Gasteiger partial charge in [0.15, 0.2) is 0 Å². The number of fused-ring (bicyclic) bond motifs is 1. The number of halogens is 1. The van der Waals surface area contributed by atoms with Crippen LogP contribution in [0.25, 0.3) is 0 Å². The van der Waals surface area contributed by atoms with Crippen LogP contribution >= 0.6 is 0 Å². The van der Waals surface area contributed by atoms with E-state index in [4.69, 9.17) is 0 Å². The SMILES string of the molecule is CCC1(C(=O)O)CN(C(=O)O)CC1NC1N=C(c2cc(F)ccc2O)Nc2ccccc21. The average Bonchev–Trinajstić information content (AvgIpc) is 3.15. The molecule has 2 aromatic carbocycles. The standard InChI is InChI=1S/C22H23FN4O5/c1-2-22(20(29)30)11-27(21(31)32)10-17(22)25-18-13-5-3-4-6-15(13)24-19(26-18)14-9-12(23)7-8-16(14)28/h3-9,17-18,25,28H,2,10-11H2,1H3,(H,24,26)(H,29,30)(H,31,32). The fourth-order valence-corrected chi connectivity index (χ4v) is 4.35. The van der Waals surface area contributed by atoms with Gasteiger partial charge in [0.25, 0.3) is 0 Å². The van der Waals surface area contributed by atoms with Crippen molar-refractivity contribution in [3.63, 3.8) is 0 Å². The van der Waals surface area contributed by atoms with Gasteiger partial charge in [-0.15, -0.1) is 0 Å². The Morgan fingerprint density at radius 2 is 2.03 bits per heavy atom. The third kappa shape index (κ3) is 3.62. The monoisotopic (exact) mass is 442 g/mol. The van der Waals surface area contributed by atoms with Gasteiger partial charge >= 0.3 is 12.1 Å². The van der Waals surface area contributed by atoms with Crippen LogP contribution in [0, 0.1) is 11.2 Å². The number of nitrogens with one attached hydrogen (secondary N) is 2. The summed E-state index contributed by atoms with van der Waals surface area (Å²) in [6, 6.07) is 10.00. The largest absolute Gasteiger partial charge is 0.507 e. The molecule has 0 bridgehead atoms. The summed E-state index contributed by atoms with van der Waals surface area (Å²) in [5, 5.41) is 36.0. The summed E-state index contributed by atoms with van der Waals surface area (Å²) in [5.74, 6) is -1.59. The predicted molar refractivity (Wildman–Crippen MR) is 114 cm³/mol. The van der Waals surface area contributed by atoms with Crippen molar-refractivity contribution < 1.29 is 29.3 Å². The maximum absolute atomic E-state index is 13.8. The second-order valence-electron chi connectivity index (χ2n) is 7.95. The molecule has 5 N–H and O–H groups in total. The molecule has 4 rings (SSSR count). The van der Waals surface area contributed by atoms with Crippen LogP contribution in [0.2, 0.25) is 0 Å². The van der Waals surface area contributed by atoms with Crippen LogP contribution in [0.3, 0.4) is 0 Å². The molecule has 168 valence electrons. The summed E-state index contributed by atoms with van der Waals surface area (Å²) < 4.78 is 13.8. The number of amides is 1. The van der Waals surface area contributed by atoms with Gasteiger partial charge in [-0.3, -0.25) is 10.1 Å². The first-order valence-corrected chi connectivity index (χ1v) is 10.1. The van der Waals surface area contributed by atoms with E-state index < -0.39 is 35.5 Å². The van der Waals surface area contributed by atoms with Gasteiger partial charge in [-0.2, -0.15) is 0 Å². The Morgan fingerprint density at radius 1 is 1.28 bits per heavy atom. The summed E-state index contributed by atoms with van der Waals surface area (Å²) in [4.78, 5) is 29.5. The number of carbonyl (C=O) groups is 2. The predicted octanol–water partition coefficient (Wildman–Crippen LogP) is 2.84. The zero-order chi connectivity index (χ0) is 23.0. The van der Waals surface area contributed by atoms with Gasteiger partial charge < -0.3 is 25.5 Å². The number of aromatic hydroxyl groups is 1. The second kappa shape index (κ2) is 8.12. The highest BCUT2D eigenvalue weighted by atomic mass is 19.1. The topological polar surface area (TPSA) is 134 Å². The van der Waals surface area contributed by atoms with Crippen molar-refractivity contribution in [3.8, 4) is 5.75 Å². The molecule has 1 amide bonds. The highest BCUT2D eigenvalue weighted by Gasteiger charge is 2.53. The molecule has 1 saturated heterocycles. The van der Waals surface area contributed by atoms with Gasteiger partial charge in [-0.05, 0) is 30.7 Å². The molecule has 10 heteroatoms. The Bertz CT molecular complexity index is 1110. The third-order valence-electron chi connectivity index (χ3n) is 6.21. The van der Waals surface area contributed by atoms with Crippen LogP contribution in [0.15, 0.2) is 47.5 Å². The van der Waals surface area contributed by atoms with Crippen molar-refractivity contribution in [1.82, 2.24) is 10.2 Å². The smallest absolute Gasteiger partial charge is 0.407 e. The minimum absolute atomic E-state index is 0.0162. The lowest BCUT2D eigenvalue weighted by Crippen LogP contribution is -2.50. The molecule has 2 aliphatic rings. The van der Waals surface area contributed by atoms with Crippen molar-refractivity contribution in [2.24, 2.45) is 10.4 Å². The van der Waals surface area contributed by atoms with Gasteiger partial charge in [0, 0.05) is 30.4 Å². The Kier molecular flexibility index (Phi) is 5.47. The highest BCUT2D eigenvalue weighted by molar-refractivity contribution is 6.11. The number of likely N-dealkylation sites (tertiary alicyclic amines) is 1. The van der Waals surface area contributed by atoms with Crippen LogP contribution in [0.5, 0.6) is 5.75 Å². The fourth-order valence-electron chi connectivity index (χ4n) is 4.35. The van der Waals surface area contributed by atoms with E-state index in [9.17, 15) is 29.3 Å². The summed E-state index contributed by atoms with van der Waals surface area (Å²) in [6.07, 6.45) is -1.71. The number of carboxylic acid groups (broad SMARTS) is 2. The van der Waals surface area contributed by atoms with E-state index in [1.54, 1.807) is 25.1 Å². The van der Waals surface area contributed by atoms with E-state index in [1.165, 1.54) is 6.07 Å². The zero-order valence-corrected chi connectivity index (χ0v) is 17.2. The number of aliphatic imine (C=N–C) groups is 1. The number of benzene rings is 2. The first-order chi connectivity index (χ1) is 15.2. The quantitative estimate of drug-likeness (QED) is 0.481. The number of para-hydroxylation sites is 1. The minimum atomic E-state index is -1.32. The van der Waals surface area contributed by atoms with Gasteiger partial charge in [0.2, 0.25) is 0 Å². The Labute approximate surface area is 183 Å². The molecule has 0 saturated carbocycles. The molecule has 2 aromatic rings. The van der Waals surface area contributed by atoms with Crippen molar-refractivity contribution in [3.05, 3.63) is 59.4 Å². The number of phenols is 1. The number of hydrogen-bond acceptors (Lipinski definition) is 6. The first-order valence-electron chi connectivity index (χ1n) is 10.1. The van der Waals surface area contributed by atoms with Gasteiger partial charge in [0.1, 0.15) is 29.0 Å². The van der Waals surface area contributed by atoms with Crippen LogP contribution in [-0.4, -0.2) is 57.2 Å². The van der Waals surface area contributed by atoms with Crippen LogP contribution in [0.4, 0.5) is 14.9 Å². The molecule has 1 fully saturated rings. The number of nitrogens with zero attached hydrogens (tertiary/aromatic N) is 2. The Hall–Kier alpha value is -3.66. The average molecular weight is 442 g/mol. The number of aliphatic carboxylic acids is 1. The second-order valence-corrected chi connectivity index (χ2v) is 7.95. The molecular weight excluding hydrogens is 419 g/mol. The van der Waals surface area contributed by atoms with Crippen LogP contribution < -0.4 is 10.6 Å². The van der Waals surface area contributed by atoms with E-state index in [-0.39, 0.29) is 36.7 Å². The summed E-state index contributed by atoms with van der Waals surface area (Å²) >= 11 is 0. The van der Waals surface area contributed by atoms with E-state index in [0.717, 1.165) is 22.6 Å². The molecule has 0 spiro atoms. The van der Waals surface area contributed by atoms with E-state index in [1.807, 2.05) is 6.07 Å². The molecule has 2 heterocycles. The summed E-state index contributed by atoms with van der Waals surface area (Å²) in [6.45, 7) is 1.56. The lowest BCUT2D eigenvalue weighted by Gasteiger charge is -2.34. The summed E-state index contributed by atoms with van der Waals surface area (Å²) in [7, 11) is 0. The van der Waals surface area contributed by atoms with Gasteiger partial charge in [0.05, 0.1) is 5.56 Å². The highest BCUT2D eigenvalue weighted by Crippen LogP contribution is 2.38. The number of anilines is 1. The molecule has 3 atom stereocenters. The molecular formula is C22H23FN4O5. The lowest BCUT2D eigenvalue weighted by atomic mass is 9.80. The van der Waals surface area contributed by atoms with E-state index in [2.05, 4.69) is 15.6 Å². The minimum Gasteiger partial charge on any atom is -0.507 e. The number of phenolic OH excluding ortho intramolecular Hbond substituents is 1.